The molecule has 2 bridgehead atoms. The van der Waals surface area contributed by atoms with Gasteiger partial charge >= 0.3 is 6.18 Å². The van der Waals surface area contributed by atoms with Gasteiger partial charge in [-0.05, 0) is 107 Å². The molecule has 0 aromatic heterocycles. The van der Waals surface area contributed by atoms with Crippen molar-refractivity contribution in [2.24, 2.45) is 40.9 Å². The SMILES string of the molecule is CCO[C@@H]1C[C@H]2C(=O)NC3(CC(C)(C)C3)C(=O)N(C)[C@@H](C(CC)CC)C(=O)N(C)[C@H](C(=O)N(C)C)CC(=O)N(C)[C@@H](C)C(=O)N[C@@H]([C@@H](C)CC)C(=O)N(C)CC(=O)N(C)[C@H]3C/C=C\CCN(C3=O)[C@@H](CC3CCC(C)CC3)C(=O)N(C)CC(=O)N[C@@H](CCC3CC(F)C(C(F)(F)F)C(F)C3)C(=O)N2C1. The van der Waals surface area contributed by atoms with Crippen LogP contribution in [0.15, 0.2) is 12.2 Å². The van der Waals surface area contributed by atoms with E-state index >= 15 is 37.5 Å². The summed E-state index contributed by atoms with van der Waals surface area (Å²) < 4.78 is 79.0. The van der Waals surface area contributed by atoms with E-state index in [1.807, 2.05) is 33.8 Å². The van der Waals surface area contributed by atoms with Gasteiger partial charge in [0.25, 0.3) is 0 Å². The van der Waals surface area contributed by atoms with Crippen LogP contribution in [-0.2, 0) is 62.3 Å². The van der Waals surface area contributed by atoms with E-state index in [4.69, 9.17) is 4.74 Å². The third kappa shape index (κ3) is 20.6. The van der Waals surface area contributed by atoms with Crippen molar-refractivity contribution in [3.8, 4) is 0 Å². The average Bonchev–Trinajstić information content (AvgIpc) is 0.761. The molecular formula is C74H119F5N12O13. The Morgan fingerprint density at radius 3 is 1.84 bits per heavy atom. The van der Waals surface area contributed by atoms with Gasteiger partial charge in [-0.3, -0.25) is 57.5 Å². The average molecular weight is 1480 g/mol. The summed E-state index contributed by atoms with van der Waals surface area (Å²) in [5.74, 6) is -13.4. The molecule has 5 fully saturated rings. The molecule has 0 radical (unpaired) electrons. The van der Waals surface area contributed by atoms with Crippen LogP contribution in [0, 0.1) is 40.9 Å². The molecule has 588 valence electrons. The van der Waals surface area contributed by atoms with Crippen LogP contribution in [0.4, 0.5) is 22.0 Å². The molecule has 2 saturated heterocycles. The van der Waals surface area contributed by atoms with Crippen molar-refractivity contribution < 1.29 is 84.2 Å². The van der Waals surface area contributed by atoms with Crippen molar-refractivity contribution in [2.45, 2.75) is 256 Å². The summed E-state index contributed by atoms with van der Waals surface area (Å²) in [6.45, 7) is 14.8. The molecule has 6 rings (SSSR count). The van der Waals surface area contributed by atoms with Gasteiger partial charge in [-0.2, -0.15) is 13.2 Å². The van der Waals surface area contributed by atoms with E-state index in [1.54, 1.807) is 26.8 Å². The van der Waals surface area contributed by atoms with Gasteiger partial charge in [-0.25, -0.2) is 8.78 Å². The second-order valence-electron chi connectivity index (χ2n) is 31.7. The van der Waals surface area contributed by atoms with Crippen molar-refractivity contribution in [2.75, 3.05) is 89.2 Å². The Kier molecular flexibility index (Phi) is 30.2. The van der Waals surface area contributed by atoms with Gasteiger partial charge in [0.05, 0.1) is 25.6 Å². The zero-order chi connectivity index (χ0) is 77.9. The zero-order valence-corrected chi connectivity index (χ0v) is 64.5. The van der Waals surface area contributed by atoms with Crippen LogP contribution in [0.5, 0.6) is 0 Å². The maximum Gasteiger partial charge on any atom is 0.397 e. The summed E-state index contributed by atoms with van der Waals surface area (Å²) in [7, 11) is 11.1. The van der Waals surface area contributed by atoms with Crippen LogP contribution >= 0.6 is 0 Å². The lowest BCUT2D eigenvalue weighted by atomic mass is 9.58. The normalized spacial score (nSPS) is 32.1. The molecule has 12 atom stereocenters. The fraction of sp³-hybridized carbons (Fsp3) is 0.811. The van der Waals surface area contributed by atoms with Crippen molar-refractivity contribution in [3.05, 3.63) is 12.2 Å². The Morgan fingerprint density at radius 1 is 0.673 bits per heavy atom. The van der Waals surface area contributed by atoms with E-state index in [2.05, 4.69) is 22.9 Å². The van der Waals surface area contributed by atoms with Crippen LogP contribution in [0.1, 0.15) is 178 Å². The first-order chi connectivity index (χ1) is 48.6. The molecule has 3 heterocycles. The number of rotatable bonds is 13. The lowest BCUT2D eigenvalue weighted by molar-refractivity contribution is -0.219. The van der Waals surface area contributed by atoms with Gasteiger partial charge in [0, 0.05) is 82.5 Å². The molecular weight excluding hydrogens is 1360 g/mol. The fourth-order valence-electron chi connectivity index (χ4n) is 16.6. The minimum atomic E-state index is -5.18. The summed E-state index contributed by atoms with van der Waals surface area (Å²) in [6, 6.07) is -10.8. The van der Waals surface area contributed by atoms with Crippen molar-refractivity contribution in [1.29, 1.82) is 0 Å². The summed E-state index contributed by atoms with van der Waals surface area (Å²) in [4.78, 5) is 191. The quantitative estimate of drug-likeness (QED) is 0.148. The summed E-state index contributed by atoms with van der Waals surface area (Å²) in [5.41, 5.74) is -2.31. The number of hydrogen-bond donors (Lipinski definition) is 3. The Bertz CT molecular complexity index is 3090. The number of carbonyl (C=O) groups excluding carboxylic acids is 12. The summed E-state index contributed by atoms with van der Waals surface area (Å²) >= 11 is 0. The Morgan fingerprint density at radius 2 is 1.28 bits per heavy atom. The minimum absolute atomic E-state index is 0.0108. The molecule has 30 heteroatoms. The molecule has 6 aliphatic rings. The Labute approximate surface area is 611 Å². The molecule has 0 aromatic carbocycles. The van der Waals surface area contributed by atoms with Crippen LogP contribution in [0.3, 0.4) is 0 Å². The monoisotopic (exact) mass is 1480 g/mol. The zero-order valence-electron chi connectivity index (χ0n) is 64.5. The van der Waals surface area contributed by atoms with E-state index in [-0.39, 0.29) is 64.1 Å². The number of alkyl halides is 5. The van der Waals surface area contributed by atoms with E-state index in [9.17, 15) is 41.9 Å². The number of fused-ring (bicyclic) bond motifs is 3. The number of carbonyl (C=O) groups is 12. The summed E-state index contributed by atoms with van der Waals surface area (Å²) in [5, 5.41) is 8.51. The molecule has 2 unspecified atom stereocenters. The van der Waals surface area contributed by atoms with Crippen molar-refractivity contribution in [1.82, 2.24) is 60.0 Å². The van der Waals surface area contributed by atoms with Crippen molar-refractivity contribution >= 4 is 70.9 Å². The van der Waals surface area contributed by atoms with Gasteiger partial charge in [0.2, 0.25) is 70.9 Å². The van der Waals surface area contributed by atoms with Crippen LogP contribution in [0.25, 0.3) is 0 Å². The van der Waals surface area contributed by atoms with E-state index in [0.717, 1.165) is 45.3 Å². The number of ether oxygens (including phenoxy) is 1. The standard InChI is InChI=1S/C74H119F5N12O13/c1-18-44(6)61-69(101)85(13)40-59(94)87(15)53-25-23-22-24-32-90(68(53)100)56(35-46-28-26-43(5)27-29-46)67(99)84(12)39-57(92)80-52(31-30-47-33-50(75)60(51(76)34-47)74(77,78)79)65(97)91-38-49(104-21-4)36-54(91)64(96)82-73(41-72(8,9)42-73)71(103)89(17)62(48(19-2)20-3)70(102)88(16)55(66(98)83(10)11)37-58(93)86(14)45(7)63(95)81-61/h22-23,43-56,60-62H,18-21,24-42H2,1-17H3,(H,80,92)(H,81,95)(H,82,96)/b23-22-/t43?,44-,45-,46?,47?,49+,50?,51?,52-,53-,54-,55-,56-,60?,61-,62-/m0/s1. The lowest BCUT2D eigenvalue weighted by Crippen LogP contribution is -2.71. The van der Waals surface area contributed by atoms with E-state index < -0.39 is 217 Å². The number of hydrogen-bond acceptors (Lipinski definition) is 13. The van der Waals surface area contributed by atoms with E-state index in [1.165, 1.54) is 87.8 Å². The van der Waals surface area contributed by atoms with Gasteiger partial charge < -0.3 is 64.8 Å². The van der Waals surface area contributed by atoms with Crippen LogP contribution in [-0.4, -0.2) is 283 Å². The smallest absolute Gasteiger partial charge is 0.377 e. The van der Waals surface area contributed by atoms with Gasteiger partial charge in [-0.1, -0.05) is 106 Å². The first kappa shape index (κ1) is 85.9. The fourth-order valence-corrected chi connectivity index (χ4v) is 16.6. The highest BCUT2D eigenvalue weighted by Crippen LogP contribution is 2.50. The number of halogens is 5. The topological polar surface area (TPSA) is 279 Å². The third-order valence-electron chi connectivity index (χ3n) is 23.2. The third-order valence-corrected chi connectivity index (χ3v) is 23.2. The highest BCUT2D eigenvalue weighted by atomic mass is 19.4. The predicted octanol–water partition coefficient (Wildman–Crippen LogP) is 5.66. The molecule has 25 nitrogen and oxygen atoms in total. The molecule has 3 aliphatic heterocycles. The van der Waals surface area contributed by atoms with Crippen LogP contribution < -0.4 is 16.0 Å². The molecule has 3 saturated carbocycles. The largest absolute Gasteiger partial charge is 0.397 e. The Balaban J connectivity index is 1.48. The maximum absolute atomic E-state index is 15.7. The highest BCUT2D eigenvalue weighted by Gasteiger charge is 2.60. The molecule has 12 amide bonds. The van der Waals surface area contributed by atoms with E-state index in [0.29, 0.717) is 31.6 Å². The lowest BCUT2D eigenvalue weighted by Gasteiger charge is -2.54. The first-order valence-corrected chi connectivity index (χ1v) is 37.5. The minimum Gasteiger partial charge on any atom is -0.377 e. The molecule has 104 heavy (non-hydrogen) atoms. The maximum atomic E-state index is 15.7. The molecule has 0 aromatic rings. The predicted molar refractivity (Wildman–Crippen MR) is 378 cm³/mol. The second-order valence-corrected chi connectivity index (χ2v) is 31.7. The first-order valence-electron chi connectivity index (χ1n) is 37.5. The number of nitrogens with zero attached hydrogens (tertiary/aromatic N) is 9. The molecule has 3 aliphatic carbocycles. The number of likely N-dealkylation sites (N-methyl/N-ethyl adjacent to an activating group) is 7. The molecule has 3 N–H and O–H groups in total. The number of amides is 12. The van der Waals surface area contributed by atoms with Gasteiger partial charge in [0.1, 0.15) is 72.1 Å². The molecule has 1 spiro atoms. The summed E-state index contributed by atoms with van der Waals surface area (Å²) in [6.07, 6.45) is -5.75. The Hall–Kier alpha value is -7.01. The van der Waals surface area contributed by atoms with Crippen LogP contribution in [0.2, 0.25) is 0 Å². The van der Waals surface area contributed by atoms with Gasteiger partial charge in [0.15, 0.2) is 0 Å². The number of nitrogens with one attached hydrogen (secondary N) is 3. The second kappa shape index (κ2) is 36.5. The highest BCUT2D eigenvalue weighted by molar-refractivity contribution is 6.01. The van der Waals surface area contributed by atoms with Gasteiger partial charge in [-0.15, -0.1) is 0 Å². The van der Waals surface area contributed by atoms with Crippen molar-refractivity contribution in [3.63, 3.8) is 0 Å².